The summed E-state index contributed by atoms with van der Waals surface area (Å²) < 4.78 is 5.09. The van der Waals surface area contributed by atoms with Crippen LogP contribution >= 0.6 is 0 Å². The Hall–Kier alpha value is -1.59. The van der Waals surface area contributed by atoms with Crippen LogP contribution in [0.1, 0.15) is 16.8 Å². The fourth-order valence-corrected chi connectivity index (χ4v) is 2.63. The first-order valence-corrected chi connectivity index (χ1v) is 6.79. The molecule has 2 unspecified atom stereocenters. The largest absolute Gasteiger partial charge is 0.497 e. The normalized spacial score (nSPS) is 22.4. The van der Waals surface area contributed by atoms with Crippen LogP contribution in [0.25, 0.3) is 0 Å². The Morgan fingerprint density at radius 3 is 2.60 bits per heavy atom. The van der Waals surface area contributed by atoms with E-state index in [0.717, 1.165) is 12.3 Å². The van der Waals surface area contributed by atoms with E-state index in [4.69, 9.17) is 4.74 Å². The first-order valence-electron chi connectivity index (χ1n) is 6.79. The fourth-order valence-electron chi connectivity index (χ4n) is 2.63. The molecular formula is C15H22N2O3. The highest BCUT2D eigenvalue weighted by Gasteiger charge is 2.34. The van der Waals surface area contributed by atoms with Crippen LogP contribution in [-0.2, 0) is 0 Å². The van der Waals surface area contributed by atoms with Gasteiger partial charge in [0.25, 0.3) is 5.91 Å². The minimum atomic E-state index is -0.429. The predicted molar refractivity (Wildman–Crippen MR) is 77.0 cm³/mol. The summed E-state index contributed by atoms with van der Waals surface area (Å²) in [5.74, 6) is 0.698. The monoisotopic (exact) mass is 278 g/mol. The zero-order valence-corrected chi connectivity index (χ0v) is 12.2. The van der Waals surface area contributed by atoms with Crippen LogP contribution in [0.3, 0.4) is 0 Å². The van der Waals surface area contributed by atoms with E-state index in [1.165, 1.54) is 0 Å². The molecule has 1 N–H and O–H groups in total. The van der Waals surface area contributed by atoms with Gasteiger partial charge in [-0.2, -0.15) is 0 Å². The van der Waals surface area contributed by atoms with Crippen molar-refractivity contribution in [2.75, 3.05) is 34.3 Å². The van der Waals surface area contributed by atoms with Crippen LogP contribution < -0.4 is 4.74 Å². The number of benzene rings is 1. The molecule has 1 aromatic rings. The molecule has 5 heteroatoms. The number of ether oxygens (including phenoxy) is 1. The third-order valence-corrected chi connectivity index (χ3v) is 3.57. The van der Waals surface area contributed by atoms with Crippen LogP contribution in [-0.4, -0.2) is 67.3 Å². The van der Waals surface area contributed by atoms with Crippen molar-refractivity contribution in [2.45, 2.75) is 18.6 Å². The highest BCUT2D eigenvalue weighted by atomic mass is 16.5. The molecule has 0 spiro atoms. The van der Waals surface area contributed by atoms with E-state index in [-0.39, 0.29) is 11.9 Å². The number of carbonyl (C=O) groups excluding carboxylic acids is 1. The van der Waals surface area contributed by atoms with Crippen LogP contribution in [0.15, 0.2) is 24.3 Å². The van der Waals surface area contributed by atoms with Gasteiger partial charge in [0.1, 0.15) is 5.75 Å². The predicted octanol–water partition coefficient (Wildman–Crippen LogP) is 0.832. The Kier molecular flexibility index (Phi) is 4.62. The Morgan fingerprint density at radius 2 is 2.05 bits per heavy atom. The maximum absolute atomic E-state index is 12.5. The number of carbonyl (C=O) groups is 1. The molecule has 1 amide bonds. The second-order valence-electron chi connectivity index (χ2n) is 5.49. The molecular weight excluding hydrogens is 256 g/mol. The summed E-state index contributed by atoms with van der Waals surface area (Å²) in [5, 5.41) is 9.83. The van der Waals surface area contributed by atoms with Gasteiger partial charge in [-0.15, -0.1) is 0 Å². The molecule has 5 nitrogen and oxygen atoms in total. The summed E-state index contributed by atoms with van der Waals surface area (Å²) >= 11 is 0. The molecule has 1 fully saturated rings. The van der Waals surface area contributed by atoms with Gasteiger partial charge in [-0.1, -0.05) is 0 Å². The molecule has 2 rings (SSSR count). The number of amides is 1. The van der Waals surface area contributed by atoms with Gasteiger partial charge >= 0.3 is 0 Å². The second-order valence-corrected chi connectivity index (χ2v) is 5.49. The number of aliphatic hydroxyl groups excluding tert-OH is 1. The number of methoxy groups -OCH3 is 1. The van der Waals surface area contributed by atoms with Gasteiger partial charge in [-0.3, -0.25) is 4.79 Å². The molecule has 2 atom stereocenters. The molecule has 1 aromatic carbocycles. The highest BCUT2D eigenvalue weighted by molar-refractivity contribution is 5.94. The third kappa shape index (κ3) is 3.29. The van der Waals surface area contributed by atoms with E-state index in [1.807, 2.05) is 19.0 Å². The maximum Gasteiger partial charge on any atom is 0.254 e. The van der Waals surface area contributed by atoms with Crippen molar-refractivity contribution in [1.82, 2.24) is 9.80 Å². The lowest BCUT2D eigenvalue weighted by molar-refractivity contribution is 0.0699. The highest BCUT2D eigenvalue weighted by Crippen LogP contribution is 2.22. The fraction of sp³-hybridized carbons (Fsp3) is 0.533. The van der Waals surface area contributed by atoms with Gasteiger partial charge in [0.2, 0.25) is 0 Å². The summed E-state index contributed by atoms with van der Waals surface area (Å²) in [6.45, 7) is 1.17. The second kappa shape index (κ2) is 6.24. The summed E-state index contributed by atoms with van der Waals surface area (Å²) in [5.41, 5.74) is 0.628. The quantitative estimate of drug-likeness (QED) is 0.886. The summed E-state index contributed by atoms with van der Waals surface area (Å²) in [6.07, 6.45) is 0.210. The van der Waals surface area contributed by atoms with E-state index in [1.54, 1.807) is 36.3 Å². The van der Waals surface area contributed by atoms with Crippen LogP contribution in [0.5, 0.6) is 5.75 Å². The van der Waals surface area contributed by atoms with Crippen LogP contribution in [0.4, 0.5) is 0 Å². The Morgan fingerprint density at radius 1 is 1.40 bits per heavy atom. The number of nitrogens with zero attached hydrogens (tertiary/aromatic N) is 2. The van der Waals surface area contributed by atoms with Crippen LogP contribution in [0.2, 0.25) is 0 Å². The molecule has 0 aromatic heterocycles. The Bertz CT molecular complexity index is 459. The van der Waals surface area contributed by atoms with Gasteiger partial charge in [0.05, 0.1) is 13.2 Å². The Labute approximate surface area is 119 Å². The van der Waals surface area contributed by atoms with E-state index < -0.39 is 6.10 Å². The standard InChI is InChI=1S/C15H22N2O3/c1-16(2)9-12-8-13(18)10-17(12)15(19)11-4-6-14(20-3)7-5-11/h4-7,12-13,18H,8-10H2,1-3H3. The van der Waals surface area contributed by atoms with Crippen molar-refractivity contribution < 1.29 is 14.6 Å². The molecule has 0 bridgehead atoms. The first-order chi connectivity index (χ1) is 9.51. The van der Waals surface area contributed by atoms with Crippen molar-refractivity contribution in [3.63, 3.8) is 0 Å². The van der Waals surface area contributed by atoms with Crippen molar-refractivity contribution in [3.8, 4) is 5.75 Å². The average molecular weight is 278 g/mol. The van der Waals surface area contributed by atoms with Gasteiger partial charge in [-0.25, -0.2) is 0 Å². The molecule has 0 radical (unpaired) electrons. The molecule has 1 saturated heterocycles. The number of likely N-dealkylation sites (tertiary alicyclic amines) is 1. The molecule has 110 valence electrons. The van der Waals surface area contributed by atoms with Gasteiger partial charge in [0.15, 0.2) is 0 Å². The van der Waals surface area contributed by atoms with Crippen LogP contribution in [0, 0.1) is 0 Å². The van der Waals surface area contributed by atoms with E-state index in [2.05, 4.69) is 0 Å². The average Bonchev–Trinajstić information content (AvgIpc) is 2.78. The molecule has 1 heterocycles. The molecule has 20 heavy (non-hydrogen) atoms. The minimum Gasteiger partial charge on any atom is -0.497 e. The lowest BCUT2D eigenvalue weighted by Crippen LogP contribution is -2.41. The maximum atomic E-state index is 12.5. The minimum absolute atomic E-state index is 0.0314. The zero-order valence-electron chi connectivity index (χ0n) is 12.2. The number of aliphatic hydroxyl groups is 1. The number of rotatable bonds is 4. The smallest absolute Gasteiger partial charge is 0.254 e. The summed E-state index contributed by atoms with van der Waals surface area (Å²) in [7, 11) is 5.54. The summed E-state index contributed by atoms with van der Waals surface area (Å²) in [6, 6.07) is 7.15. The first kappa shape index (κ1) is 14.8. The van der Waals surface area contributed by atoms with Crippen molar-refractivity contribution in [3.05, 3.63) is 29.8 Å². The van der Waals surface area contributed by atoms with Crippen molar-refractivity contribution >= 4 is 5.91 Å². The number of hydrogen-bond donors (Lipinski definition) is 1. The molecule has 0 saturated carbocycles. The summed E-state index contributed by atoms with van der Waals surface area (Å²) in [4.78, 5) is 16.3. The Balaban J connectivity index is 2.13. The van der Waals surface area contributed by atoms with Gasteiger partial charge in [-0.05, 0) is 44.8 Å². The molecule has 1 aliphatic rings. The number of β-amino-alcohol motifs (C(OH)–C–C–N with tert-alkyl or cyclic N) is 1. The van der Waals surface area contributed by atoms with E-state index in [0.29, 0.717) is 18.5 Å². The van der Waals surface area contributed by atoms with Gasteiger partial charge in [0, 0.05) is 24.7 Å². The number of hydrogen-bond acceptors (Lipinski definition) is 4. The lowest BCUT2D eigenvalue weighted by Gasteiger charge is -2.26. The van der Waals surface area contributed by atoms with Crippen molar-refractivity contribution in [1.29, 1.82) is 0 Å². The van der Waals surface area contributed by atoms with Crippen molar-refractivity contribution in [2.24, 2.45) is 0 Å². The van der Waals surface area contributed by atoms with E-state index >= 15 is 0 Å². The topological polar surface area (TPSA) is 53.0 Å². The van der Waals surface area contributed by atoms with Gasteiger partial charge < -0.3 is 19.6 Å². The third-order valence-electron chi connectivity index (χ3n) is 3.57. The van der Waals surface area contributed by atoms with E-state index in [9.17, 15) is 9.90 Å². The SMILES string of the molecule is COc1ccc(C(=O)N2CC(O)CC2CN(C)C)cc1. The lowest BCUT2D eigenvalue weighted by atomic mass is 10.1. The molecule has 1 aliphatic heterocycles. The number of likely N-dealkylation sites (N-methyl/N-ethyl adjacent to an activating group) is 1. The molecule has 0 aliphatic carbocycles. The zero-order chi connectivity index (χ0) is 14.7.